The third kappa shape index (κ3) is 3.05. The zero-order valence-corrected chi connectivity index (χ0v) is 13.5. The number of amides is 1. The summed E-state index contributed by atoms with van der Waals surface area (Å²) in [6.07, 6.45) is 13.3. The Bertz CT molecular complexity index is 480. The van der Waals surface area contributed by atoms with Crippen LogP contribution < -0.4 is 5.32 Å². The highest BCUT2D eigenvalue weighted by Gasteiger charge is 2.57. The van der Waals surface area contributed by atoms with Crippen LogP contribution >= 0.6 is 0 Å². The third-order valence-electron chi connectivity index (χ3n) is 5.40. The lowest BCUT2D eigenvalue weighted by Gasteiger charge is -2.54. The molecular formula is C17H27N3O2. The zero-order valence-electron chi connectivity index (χ0n) is 13.5. The fourth-order valence-corrected chi connectivity index (χ4v) is 4.20. The van der Waals surface area contributed by atoms with Gasteiger partial charge in [0.05, 0.1) is 12.4 Å². The van der Waals surface area contributed by atoms with Crippen molar-refractivity contribution < 1.29 is 9.53 Å². The van der Waals surface area contributed by atoms with Crippen molar-refractivity contribution in [2.75, 3.05) is 6.61 Å². The minimum Gasteiger partial charge on any atom is -0.378 e. The van der Waals surface area contributed by atoms with Crippen molar-refractivity contribution in [2.45, 2.75) is 70.6 Å². The van der Waals surface area contributed by atoms with Crippen LogP contribution in [0.25, 0.3) is 0 Å². The van der Waals surface area contributed by atoms with Crippen molar-refractivity contribution in [3.05, 3.63) is 18.7 Å². The highest BCUT2D eigenvalue weighted by atomic mass is 16.5. The van der Waals surface area contributed by atoms with E-state index in [1.165, 1.54) is 25.7 Å². The van der Waals surface area contributed by atoms with Gasteiger partial charge in [0, 0.05) is 43.4 Å². The predicted octanol–water partition coefficient (Wildman–Crippen LogP) is 2.52. The van der Waals surface area contributed by atoms with E-state index in [0.29, 0.717) is 18.6 Å². The first-order chi connectivity index (χ1) is 10.7. The quantitative estimate of drug-likeness (QED) is 0.842. The Morgan fingerprint density at radius 3 is 2.95 bits per heavy atom. The molecule has 22 heavy (non-hydrogen) atoms. The fourth-order valence-electron chi connectivity index (χ4n) is 4.20. The fraction of sp³-hybridized carbons (Fsp3) is 0.765. The molecule has 2 atom stereocenters. The molecule has 5 nitrogen and oxygen atoms in total. The van der Waals surface area contributed by atoms with Gasteiger partial charge in [-0.15, -0.1) is 0 Å². The number of hydrogen-bond acceptors (Lipinski definition) is 3. The zero-order chi connectivity index (χ0) is 15.4. The van der Waals surface area contributed by atoms with E-state index >= 15 is 0 Å². The number of carbonyl (C=O) groups is 1. The molecule has 3 rings (SSSR count). The minimum atomic E-state index is 0.186. The van der Waals surface area contributed by atoms with Gasteiger partial charge in [0.1, 0.15) is 0 Å². The standard InChI is InChI=1S/C17H27N3O2/c1-2-22-15-12-14(17(15)7-3-4-8-17)19-16(21)6-5-10-20-11-9-18-13-20/h9,11,13-15H,2-8,10,12H2,1H3,(H,19,21)/t14-,15+/m0/s1. The monoisotopic (exact) mass is 305 g/mol. The van der Waals surface area contributed by atoms with Crippen LogP contribution in [-0.2, 0) is 16.1 Å². The van der Waals surface area contributed by atoms with E-state index in [1.807, 2.05) is 10.8 Å². The smallest absolute Gasteiger partial charge is 0.220 e. The topological polar surface area (TPSA) is 56.1 Å². The molecule has 0 unspecified atom stereocenters. The van der Waals surface area contributed by atoms with Crippen molar-refractivity contribution in [3.8, 4) is 0 Å². The van der Waals surface area contributed by atoms with E-state index in [1.54, 1.807) is 12.5 Å². The number of aromatic nitrogens is 2. The van der Waals surface area contributed by atoms with E-state index in [0.717, 1.165) is 26.0 Å². The van der Waals surface area contributed by atoms with E-state index in [9.17, 15) is 4.79 Å². The van der Waals surface area contributed by atoms with Gasteiger partial charge in [-0.1, -0.05) is 12.8 Å². The van der Waals surface area contributed by atoms with Crippen LogP contribution in [0, 0.1) is 5.41 Å². The molecule has 0 aromatic carbocycles. The molecule has 1 spiro atoms. The first kappa shape index (κ1) is 15.5. The maximum absolute atomic E-state index is 12.2. The molecule has 1 heterocycles. The maximum Gasteiger partial charge on any atom is 0.220 e. The SMILES string of the molecule is CCO[C@@H]1C[C@H](NC(=O)CCCn2ccnc2)C12CCCC2. The molecule has 2 saturated carbocycles. The molecule has 0 bridgehead atoms. The molecule has 0 aliphatic heterocycles. The van der Waals surface area contributed by atoms with Crippen LogP contribution in [-0.4, -0.2) is 34.2 Å². The molecule has 2 aliphatic carbocycles. The minimum absolute atomic E-state index is 0.186. The molecule has 0 saturated heterocycles. The number of nitrogens with zero attached hydrogens (tertiary/aromatic N) is 2. The van der Waals surface area contributed by atoms with Gasteiger partial charge in [0.15, 0.2) is 0 Å². The lowest BCUT2D eigenvalue weighted by Crippen LogP contribution is -2.63. The lowest BCUT2D eigenvalue weighted by atomic mass is 9.60. The molecule has 1 aromatic heterocycles. The largest absolute Gasteiger partial charge is 0.378 e. The Hall–Kier alpha value is -1.36. The number of aryl methyl sites for hydroxylation is 1. The average Bonchev–Trinajstić information content (AvgIpc) is 3.19. The van der Waals surface area contributed by atoms with Crippen molar-refractivity contribution in [1.82, 2.24) is 14.9 Å². The van der Waals surface area contributed by atoms with Crippen molar-refractivity contribution in [1.29, 1.82) is 0 Å². The Balaban J connectivity index is 1.45. The summed E-state index contributed by atoms with van der Waals surface area (Å²) in [4.78, 5) is 16.2. The van der Waals surface area contributed by atoms with Gasteiger partial charge in [-0.05, 0) is 32.6 Å². The second kappa shape index (κ2) is 6.82. The van der Waals surface area contributed by atoms with Gasteiger partial charge in [-0.25, -0.2) is 4.98 Å². The van der Waals surface area contributed by atoms with Gasteiger partial charge >= 0.3 is 0 Å². The molecule has 1 aromatic rings. The molecular weight excluding hydrogens is 278 g/mol. The molecule has 0 radical (unpaired) electrons. The molecule has 5 heteroatoms. The van der Waals surface area contributed by atoms with Crippen molar-refractivity contribution in [3.63, 3.8) is 0 Å². The number of carbonyl (C=O) groups excluding carboxylic acids is 1. The molecule has 122 valence electrons. The molecule has 1 N–H and O–H groups in total. The van der Waals surface area contributed by atoms with E-state index < -0.39 is 0 Å². The summed E-state index contributed by atoms with van der Waals surface area (Å²) >= 11 is 0. The molecule has 2 fully saturated rings. The van der Waals surface area contributed by atoms with Crippen molar-refractivity contribution >= 4 is 5.91 Å². The summed E-state index contributed by atoms with van der Waals surface area (Å²) in [5, 5.41) is 3.27. The van der Waals surface area contributed by atoms with Gasteiger partial charge in [0.2, 0.25) is 5.91 Å². The molecule has 1 amide bonds. The van der Waals surface area contributed by atoms with Gasteiger partial charge in [0.25, 0.3) is 0 Å². The highest BCUT2D eigenvalue weighted by molar-refractivity contribution is 5.76. The Morgan fingerprint density at radius 1 is 1.45 bits per heavy atom. The van der Waals surface area contributed by atoms with Crippen LogP contribution in [0.3, 0.4) is 0 Å². The number of hydrogen-bond donors (Lipinski definition) is 1. The lowest BCUT2D eigenvalue weighted by molar-refractivity contribution is -0.144. The summed E-state index contributed by atoms with van der Waals surface area (Å²) < 4.78 is 7.91. The Kier molecular flexibility index (Phi) is 4.81. The summed E-state index contributed by atoms with van der Waals surface area (Å²) in [5.41, 5.74) is 0.232. The van der Waals surface area contributed by atoms with Crippen LogP contribution in [0.1, 0.15) is 51.9 Å². The number of ether oxygens (including phenoxy) is 1. The Labute approximate surface area is 132 Å². The first-order valence-electron chi connectivity index (χ1n) is 8.61. The summed E-state index contributed by atoms with van der Waals surface area (Å²) in [7, 11) is 0. The van der Waals surface area contributed by atoms with Crippen LogP contribution in [0.4, 0.5) is 0 Å². The average molecular weight is 305 g/mol. The van der Waals surface area contributed by atoms with Crippen LogP contribution in [0.2, 0.25) is 0 Å². The maximum atomic E-state index is 12.2. The third-order valence-corrected chi connectivity index (χ3v) is 5.40. The number of rotatable bonds is 7. The number of imidazole rings is 1. The predicted molar refractivity (Wildman–Crippen MR) is 84.3 cm³/mol. The normalized spacial score (nSPS) is 26.0. The highest BCUT2D eigenvalue weighted by Crippen LogP contribution is 2.54. The second-order valence-electron chi connectivity index (χ2n) is 6.64. The summed E-state index contributed by atoms with van der Waals surface area (Å²) in [6.45, 7) is 3.69. The van der Waals surface area contributed by atoms with Gasteiger partial charge in [-0.3, -0.25) is 4.79 Å². The van der Waals surface area contributed by atoms with Crippen LogP contribution in [0.5, 0.6) is 0 Å². The molecule has 2 aliphatic rings. The number of nitrogens with one attached hydrogen (secondary N) is 1. The first-order valence-corrected chi connectivity index (χ1v) is 8.61. The van der Waals surface area contributed by atoms with Gasteiger partial charge in [-0.2, -0.15) is 0 Å². The summed E-state index contributed by atoms with van der Waals surface area (Å²) in [6, 6.07) is 0.326. The van der Waals surface area contributed by atoms with E-state index in [-0.39, 0.29) is 11.3 Å². The van der Waals surface area contributed by atoms with Crippen LogP contribution in [0.15, 0.2) is 18.7 Å². The second-order valence-corrected chi connectivity index (χ2v) is 6.64. The Morgan fingerprint density at radius 2 is 2.27 bits per heavy atom. The van der Waals surface area contributed by atoms with Gasteiger partial charge < -0.3 is 14.6 Å². The van der Waals surface area contributed by atoms with Crippen molar-refractivity contribution in [2.24, 2.45) is 5.41 Å². The van der Waals surface area contributed by atoms with E-state index in [2.05, 4.69) is 17.2 Å². The van der Waals surface area contributed by atoms with E-state index in [4.69, 9.17) is 4.74 Å². The summed E-state index contributed by atoms with van der Waals surface area (Å²) in [5.74, 6) is 0.186.